The smallest absolute Gasteiger partial charge is 0.276 e. The van der Waals surface area contributed by atoms with E-state index in [4.69, 9.17) is 4.52 Å². The van der Waals surface area contributed by atoms with Crippen molar-refractivity contribution in [3.63, 3.8) is 0 Å². The highest BCUT2D eigenvalue weighted by Crippen LogP contribution is 2.30. The van der Waals surface area contributed by atoms with Gasteiger partial charge in [0, 0.05) is 31.1 Å². The molecule has 4 rings (SSSR count). The summed E-state index contributed by atoms with van der Waals surface area (Å²) in [7, 11) is 0. The number of carbonyl (C=O) groups excluding carboxylic acids is 1. The Kier molecular flexibility index (Phi) is 5.27. The zero-order chi connectivity index (χ0) is 17.8. The Bertz CT molecular complexity index is 724. The second kappa shape index (κ2) is 7.98. The summed E-state index contributed by atoms with van der Waals surface area (Å²) >= 11 is 0. The topological polar surface area (TPSA) is 72.1 Å². The molecule has 1 aliphatic carbocycles. The number of carbonyl (C=O) groups is 1. The quantitative estimate of drug-likeness (QED) is 0.820. The van der Waals surface area contributed by atoms with Crippen LogP contribution in [0.5, 0.6) is 0 Å². The van der Waals surface area contributed by atoms with Gasteiger partial charge in [-0.3, -0.25) is 9.78 Å². The summed E-state index contributed by atoms with van der Waals surface area (Å²) in [5, 5.41) is 4.08. The van der Waals surface area contributed by atoms with Gasteiger partial charge in [-0.15, -0.1) is 0 Å². The number of aromatic nitrogens is 3. The second-order valence-electron chi connectivity index (χ2n) is 7.43. The van der Waals surface area contributed by atoms with Crippen LogP contribution in [-0.4, -0.2) is 38.5 Å². The lowest BCUT2D eigenvalue weighted by Crippen LogP contribution is -2.40. The van der Waals surface area contributed by atoms with Gasteiger partial charge in [-0.2, -0.15) is 4.98 Å². The van der Waals surface area contributed by atoms with Gasteiger partial charge in [-0.25, -0.2) is 0 Å². The number of rotatable bonds is 5. The van der Waals surface area contributed by atoms with Gasteiger partial charge in [0.25, 0.3) is 5.89 Å². The summed E-state index contributed by atoms with van der Waals surface area (Å²) in [5.74, 6) is 1.80. The fourth-order valence-electron chi connectivity index (χ4n) is 4.25. The van der Waals surface area contributed by atoms with Crippen LogP contribution in [0.15, 0.2) is 28.9 Å². The van der Waals surface area contributed by atoms with Crippen LogP contribution in [0.3, 0.4) is 0 Å². The Labute approximate surface area is 154 Å². The van der Waals surface area contributed by atoms with E-state index in [1.807, 2.05) is 18.2 Å². The molecule has 6 nitrogen and oxygen atoms in total. The Morgan fingerprint density at radius 2 is 2.04 bits per heavy atom. The molecule has 6 heteroatoms. The van der Waals surface area contributed by atoms with E-state index in [1.165, 1.54) is 19.3 Å². The van der Waals surface area contributed by atoms with Crippen LogP contribution in [0, 0.1) is 5.92 Å². The van der Waals surface area contributed by atoms with Gasteiger partial charge in [0.2, 0.25) is 5.91 Å². The Hall–Kier alpha value is -2.24. The molecule has 3 heterocycles. The third-order valence-corrected chi connectivity index (χ3v) is 5.67. The number of likely N-dealkylation sites (tertiary alicyclic amines) is 1. The van der Waals surface area contributed by atoms with E-state index in [2.05, 4.69) is 20.0 Å². The average Bonchev–Trinajstić information content (AvgIpc) is 3.36. The van der Waals surface area contributed by atoms with Crippen molar-refractivity contribution >= 4 is 5.91 Å². The van der Waals surface area contributed by atoms with Crippen LogP contribution < -0.4 is 0 Å². The lowest BCUT2D eigenvalue weighted by Gasteiger charge is -2.30. The van der Waals surface area contributed by atoms with Gasteiger partial charge in [0.15, 0.2) is 5.82 Å². The third-order valence-electron chi connectivity index (χ3n) is 5.67. The molecule has 0 aromatic carbocycles. The van der Waals surface area contributed by atoms with Crippen molar-refractivity contribution in [3.8, 4) is 11.6 Å². The van der Waals surface area contributed by atoms with Crippen molar-refractivity contribution in [1.29, 1.82) is 0 Å². The fourth-order valence-corrected chi connectivity index (χ4v) is 4.25. The number of nitrogens with zero attached hydrogens (tertiary/aromatic N) is 4. The maximum absolute atomic E-state index is 12.9. The SMILES string of the molecule is O=C(C1CCCCC1)N1CCCC1CCc1noc(-c2ccccn2)n1. The summed E-state index contributed by atoms with van der Waals surface area (Å²) in [5.41, 5.74) is 0.696. The van der Waals surface area contributed by atoms with Crippen LogP contribution in [0.2, 0.25) is 0 Å². The highest BCUT2D eigenvalue weighted by molar-refractivity contribution is 5.79. The molecule has 0 bridgehead atoms. The predicted molar refractivity (Wildman–Crippen MR) is 97.2 cm³/mol. The Morgan fingerprint density at radius 3 is 2.85 bits per heavy atom. The van der Waals surface area contributed by atoms with E-state index in [-0.39, 0.29) is 5.92 Å². The van der Waals surface area contributed by atoms with Gasteiger partial charge in [-0.1, -0.05) is 30.5 Å². The lowest BCUT2D eigenvalue weighted by molar-refractivity contribution is -0.137. The highest BCUT2D eigenvalue weighted by atomic mass is 16.5. The first-order valence-corrected chi connectivity index (χ1v) is 9.86. The number of hydrogen-bond acceptors (Lipinski definition) is 5. The van der Waals surface area contributed by atoms with Crippen LogP contribution in [0.4, 0.5) is 0 Å². The molecule has 2 fully saturated rings. The standard InChI is InChI=1S/C20H26N4O2/c25-20(15-7-2-1-3-8-15)24-14-6-9-16(24)11-12-18-22-19(26-23-18)17-10-4-5-13-21-17/h4-5,10,13,15-16H,1-3,6-9,11-12,14H2. The first-order chi connectivity index (χ1) is 12.8. The van der Waals surface area contributed by atoms with E-state index < -0.39 is 0 Å². The van der Waals surface area contributed by atoms with Gasteiger partial charge in [0.05, 0.1) is 0 Å². The van der Waals surface area contributed by atoms with Crippen molar-refractivity contribution in [1.82, 2.24) is 20.0 Å². The third kappa shape index (κ3) is 3.79. The summed E-state index contributed by atoms with van der Waals surface area (Å²) in [4.78, 5) is 23.7. The van der Waals surface area contributed by atoms with E-state index in [9.17, 15) is 4.79 Å². The highest BCUT2D eigenvalue weighted by Gasteiger charge is 2.33. The zero-order valence-electron chi connectivity index (χ0n) is 15.1. The van der Waals surface area contributed by atoms with Crippen LogP contribution in [0.25, 0.3) is 11.6 Å². The normalized spacial score (nSPS) is 21.2. The molecule has 1 saturated heterocycles. The molecule has 26 heavy (non-hydrogen) atoms. The van der Waals surface area contributed by atoms with Crippen molar-refractivity contribution in [2.24, 2.45) is 5.92 Å². The molecule has 0 N–H and O–H groups in total. The van der Waals surface area contributed by atoms with E-state index in [0.717, 1.165) is 45.1 Å². The van der Waals surface area contributed by atoms with Crippen LogP contribution in [0.1, 0.15) is 57.2 Å². The summed E-state index contributed by atoms with van der Waals surface area (Å²) in [6.07, 6.45) is 11.4. The molecule has 2 aromatic heterocycles. The van der Waals surface area contributed by atoms with Gasteiger partial charge < -0.3 is 9.42 Å². The molecule has 1 amide bonds. The number of amides is 1. The first kappa shape index (κ1) is 17.2. The molecule has 1 aliphatic heterocycles. The minimum absolute atomic E-state index is 0.255. The zero-order valence-corrected chi connectivity index (χ0v) is 15.1. The molecule has 1 unspecified atom stereocenters. The van der Waals surface area contributed by atoms with Gasteiger partial charge >= 0.3 is 0 Å². The van der Waals surface area contributed by atoms with Gasteiger partial charge in [-0.05, 0) is 44.2 Å². The van der Waals surface area contributed by atoms with Crippen molar-refractivity contribution in [2.75, 3.05) is 6.54 Å². The molecule has 2 aliphatic rings. The fraction of sp³-hybridized carbons (Fsp3) is 0.600. The van der Waals surface area contributed by atoms with E-state index in [1.54, 1.807) is 6.20 Å². The number of pyridine rings is 1. The molecular formula is C20H26N4O2. The Balaban J connectivity index is 1.35. The predicted octanol–water partition coefficient (Wildman–Crippen LogP) is 3.64. The minimum Gasteiger partial charge on any atom is -0.339 e. The van der Waals surface area contributed by atoms with Crippen LogP contribution in [-0.2, 0) is 11.2 Å². The van der Waals surface area contributed by atoms with Crippen molar-refractivity contribution in [3.05, 3.63) is 30.2 Å². The van der Waals surface area contributed by atoms with E-state index in [0.29, 0.717) is 29.4 Å². The molecular weight excluding hydrogens is 328 g/mol. The number of hydrogen-bond donors (Lipinski definition) is 0. The molecule has 138 valence electrons. The molecule has 0 radical (unpaired) electrons. The van der Waals surface area contributed by atoms with Crippen LogP contribution >= 0.6 is 0 Å². The average molecular weight is 354 g/mol. The van der Waals surface area contributed by atoms with Crippen molar-refractivity contribution in [2.45, 2.75) is 63.8 Å². The largest absolute Gasteiger partial charge is 0.339 e. The summed E-state index contributed by atoms with van der Waals surface area (Å²) < 4.78 is 5.33. The number of aryl methyl sites for hydroxylation is 1. The first-order valence-electron chi connectivity index (χ1n) is 9.86. The second-order valence-corrected chi connectivity index (χ2v) is 7.43. The lowest BCUT2D eigenvalue weighted by atomic mass is 9.88. The van der Waals surface area contributed by atoms with E-state index >= 15 is 0 Å². The minimum atomic E-state index is 0.255. The molecule has 1 saturated carbocycles. The maximum Gasteiger partial charge on any atom is 0.276 e. The van der Waals surface area contributed by atoms with Gasteiger partial charge in [0.1, 0.15) is 5.69 Å². The monoisotopic (exact) mass is 354 g/mol. The summed E-state index contributed by atoms with van der Waals surface area (Å²) in [6.45, 7) is 0.908. The molecule has 1 atom stereocenters. The van der Waals surface area contributed by atoms with Crippen molar-refractivity contribution < 1.29 is 9.32 Å². The summed E-state index contributed by atoms with van der Waals surface area (Å²) in [6, 6.07) is 5.94. The molecule has 2 aromatic rings. The maximum atomic E-state index is 12.9. The molecule has 0 spiro atoms. The Morgan fingerprint density at radius 1 is 1.15 bits per heavy atom.